The Morgan fingerprint density at radius 1 is 1.38 bits per heavy atom. The lowest BCUT2D eigenvalue weighted by atomic mass is 10.3. The van der Waals surface area contributed by atoms with Crippen LogP contribution in [0.1, 0.15) is 0 Å². The van der Waals surface area contributed by atoms with E-state index in [2.05, 4.69) is 21.9 Å². The molecule has 0 N–H and O–H groups in total. The number of benzene rings is 1. The van der Waals surface area contributed by atoms with Gasteiger partial charge in [-0.1, -0.05) is 0 Å². The lowest BCUT2D eigenvalue weighted by molar-refractivity contribution is -0.153. The number of rotatable bonds is 3. The average Bonchev–Trinajstić information content (AvgIpc) is 2.18. The molecule has 2 nitrogen and oxygen atoms in total. The molecule has 0 aliphatic rings. The van der Waals surface area contributed by atoms with Gasteiger partial charge in [-0.15, -0.1) is 0 Å². The molecule has 0 aliphatic carbocycles. The van der Waals surface area contributed by atoms with Crippen molar-refractivity contribution in [3.8, 4) is 5.75 Å². The molecule has 1 aromatic carbocycles. The second-order valence-corrected chi connectivity index (χ2v) is 2.90. The highest BCUT2D eigenvalue weighted by Crippen LogP contribution is 2.24. The molecule has 0 aliphatic heterocycles. The van der Waals surface area contributed by atoms with E-state index in [1.165, 1.54) is 6.07 Å². The molecule has 0 radical (unpaired) electrons. The standard InChI is InChI=1S/C9H5F4NOS/c10-7-3-6(15-4-9(11,12)13)1-2-8(7)14-5-16/h1-3H,4H2. The number of aliphatic imine (C=N–C) groups is 1. The molecule has 16 heavy (non-hydrogen) atoms. The summed E-state index contributed by atoms with van der Waals surface area (Å²) in [6, 6.07) is 3.12. The molecule has 1 aromatic rings. The van der Waals surface area contributed by atoms with E-state index in [9.17, 15) is 17.6 Å². The van der Waals surface area contributed by atoms with Crippen LogP contribution in [0.5, 0.6) is 5.75 Å². The molecule has 0 aromatic heterocycles. The molecule has 86 valence electrons. The number of isothiocyanates is 1. The Balaban J connectivity index is 2.77. The summed E-state index contributed by atoms with van der Waals surface area (Å²) in [4.78, 5) is 3.37. The number of nitrogens with zero attached hydrogens (tertiary/aromatic N) is 1. The molecule has 0 saturated carbocycles. The van der Waals surface area contributed by atoms with Crippen LogP contribution in [-0.2, 0) is 0 Å². The Hall–Kier alpha value is -1.46. The lowest BCUT2D eigenvalue weighted by Gasteiger charge is -2.09. The van der Waals surface area contributed by atoms with Crippen LogP contribution in [0.15, 0.2) is 23.2 Å². The molecule has 0 spiro atoms. The van der Waals surface area contributed by atoms with Crippen molar-refractivity contribution in [1.82, 2.24) is 0 Å². The Morgan fingerprint density at radius 3 is 2.56 bits per heavy atom. The highest BCUT2D eigenvalue weighted by molar-refractivity contribution is 7.78. The van der Waals surface area contributed by atoms with Crippen molar-refractivity contribution in [1.29, 1.82) is 0 Å². The topological polar surface area (TPSA) is 21.6 Å². The minimum absolute atomic E-state index is 0.102. The summed E-state index contributed by atoms with van der Waals surface area (Å²) in [6.07, 6.45) is -4.46. The fourth-order valence-electron chi connectivity index (χ4n) is 0.882. The van der Waals surface area contributed by atoms with Gasteiger partial charge in [-0.3, -0.25) is 0 Å². The molecule has 0 unspecified atom stereocenters. The summed E-state index contributed by atoms with van der Waals surface area (Å²) in [7, 11) is 0. The van der Waals surface area contributed by atoms with Crippen LogP contribution in [0.25, 0.3) is 0 Å². The van der Waals surface area contributed by atoms with Gasteiger partial charge < -0.3 is 4.74 Å². The molecule has 0 amide bonds. The van der Waals surface area contributed by atoms with Gasteiger partial charge >= 0.3 is 6.18 Å². The van der Waals surface area contributed by atoms with Crippen LogP contribution < -0.4 is 4.74 Å². The Bertz CT molecular complexity index is 426. The van der Waals surface area contributed by atoms with Crippen LogP contribution in [-0.4, -0.2) is 17.9 Å². The normalized spacial score (nSPS) is 10.8. The summed E-state index contributed by atoms with van der Waals surface area (Å²) in [5.74, 6) is -1.05. The number of halogens is 4. The van der Waals surface area contributed by atoms with Gasteiger partial charge in [0.05, 0.1) is 5.16 Å². The van der Waals surface area contributed by atoms with Crippen molar-refractivity contribution in [3.63, 3.8) is 0 Å². The molecule has 1 rings (SSSR count). The maximum Gasteiger partial charge on any atom is 0.422 e. The third-order valence-electron chi connectivity index (χ3n) is 1.49. The van der Waals surface area contributed by atoms with E-state index in [1.807, 2.05) is 5.16 Å². The predicted octanol–water partition coefficient (Wildman–Crippen LogP) is 3.50. The summed E-state index contributed by atoms with van der Waals surface area (Å²) in [5.41, 5.74) is -0.102. The van der Waals surface area contributed by atoms with E-state index in [0.717, 1.165) is 12.1 Å². The Morgan fingerprint density at radius 2 is 2.06 bits per heavy atom. The first-order chi connectivity index (χ1) is 7.42. The fraction of sp³-hybridized carbons (Fsp3) is 0.222. The molecule has 7 heteroatoms. The first-order valence-corrected chi connectivity index (χ1v) is 4.40. The Labute approximate surface area is 93.6 Å². The van der Waals surface area contributed by atoms with E-state index in [4.69, 9.17) is 0 Å². The van der Waals surface area contributed by atoms with Gasteiger partial charge in [-0.05, 0) is 24.4 Å². The fourth-order valence-corrected chi connectivity index (χ4v) is 0.981. The molecule has 0 atom stereocenters. The largest absolute Gasteiger partial charge is 0.484 e. The first-order valence-electron chi connectivity index (χ1n) is 3.99. The summed E-state index contributed by atoms with van der Waals surface area (Å²) in [5, 5.41) is 1.95. The van der Waals surface area contributed by atoms with Gasteiger partial charge in [0.15, 0.2) is 12.4 Å². The van der Waals surface area contributed by atoms with Gasteiger partial charge in [0.2, 0.25) is 0 Å². The third kappa shape index (κ3) is 3.96. The van der Waals surface area contributed by atoms with Gasteiger partial charge in [0.25, 0.3) is 0 Å². The van der Waals surface area contributed by atoms with E-state index >= 15 is 0 Å². The molecular formula is C9H5F4NOS. The summed E-state index contributed by atoms with van der Waals surface area (Å²) in [6.45, 7) is -1.47. The van der Waals surface area contributed by atoms with Crippen LogP contribution >= 0.6 is 12.2 Å². The second-order valence-electron chi connectivity index (χ2n) is 2.72. The maximum absolute atomic E-state index is 13.1. The highest BCUT2D eigenvalue weighted by Gasteiger charge is 2.28. The SMILES string of the molecule is Fc1cc(OCC(F)(F)F)ccc1N=C=S. The highest BCUT2D eigenvalue weighted by atomic mass is 32.1. The van der Waals surface area contributed by atoms with Crippen molar-refractivity contribution < 1.29 is 22.3 Å². The lowest BCUT2D eigenvalue weighted by Crippen LogP contribution is -2.19. The predicted molar refractivity (Wildman–Crippen MR) is 52.6 cm³/mol. The van der Waals surface area contributed by atoms with Gasteiger partial charge in [0, 0.05) is 6.07 Å². The van der Waals surface area contributed by atoms with Gasteiger partial charge in [0.1, 0.15) is 11.4 Å². The Kier molecular flexibility index (Phi) is 3.98. The van der Waals surface area contributed by atoms with E-state index in [0.29, 0.717) is 0 Å². The first kappa shape index (κ1) is 12.6. The van der Waals surface area contributed by atoms with Crippen molar-refractivity contribution in [2.45, 2.75) is 6.18 Å². The molecule has 0 heterocycles. The number of alkyl halides is 3. The van der Waals surface area contributed by atoms with Crippen molar-refractivity contribution >= 4 is 23.1 Å². The van der Waals surface area contributed by atoms with Crippen molar-refractivity contribution in [3.05, 3.63) is 24.0 Å². The van der Waals surface area contributed by atoms with Crippen LogP contribution in [0.4, 0.5) is 23.2 Å². The molecule has 0 saturated heterocycles. The smallest absolute Gasteiger partial charge is 0.422 e. The number of thiocarbonyl (C=S) groups is 1. The van der Waals surface area contributed by atoms with Gasteiger partial charge in [-0.25, -0.2) is 4.39 Å². The second kappa shape index (κ2) is 5.05. The summed E-state index contributed by atoms with van der Waals surface area (Å²) < 4.78 is 52.8. The van der Waals surface area contributed by atoms with E-state index < -0.39 is 18.6 Å². The maximum atomic E-state index is 13.1. The minimum atomic E-state index is -4.46. The minimum Gasteiger partial charge on any atom is -0.484 e. The van der Waals surface area contributed by atoms with E-state index in [1.54, 1.807) is 0 Å². The molecule has 0 bridgehead atoms. The van der Waals surface area contributed by atoms with Crippen molar-refractivity contribution in [2.75, 3.05) is 6.61 Å². The quantitative estimate of drug-likeness (QED) is 0.466. The number of hydrogen-bond donors (Lipinski definition) is 0. The number of ether oxygens (including phenoxy) is 1. The third-order valence-corrected chi connectivity index (χ3v) is 1.58. The molecule has 0 fully saturated rings. The zero-order chi connectivity index (χ0) is 12.2. The monoisotopic (exact) mass is 251 g/mol. The summed E-state index contributed by atoms with van der Waals surface area (Å²) >= 11 is 4.26. The zero-order valence-electron chi connectivity index (χ0n) is 7.71. The van der Waals surface area contributed by atoms with Gasteiger partial charge in [-0.2, -0.15) is 18.2 Å². The van der Waals surface area contributed by atoms with Crippen molar-refractivity contribution in [2.24, 2.45) is 4.99 Å². The number of hydrogen-bond acceptors (Lipinski definition) is 3. The van der Waals surface area contributed by atoms with E-state index in [-0.39, 0.29) is 11.4 Å². The van der Waals surface area contributed by atoms with Crippen LogP contribution in [0, 0.1) is 5.82 Å². The average molecular weight is 251 g/mol. The molecular weight excluding hydrogens is 246 g/mol. The van der Waals surface area contributed by atoms with Crippen LogP contribution in [0.2, 0.25) is 0 Å². The van der Waals surface area contributed by atoms with Crippen LogP contribution in [0.3, 0.4) is 0 Å². The zero-order valence-corrected chi connectivity index (χ0v) is 8.53.